The first-order chi connectivity index (χ1) is 10.2. The third-order valence-corrected chi connectivity index (χ3v) is 3.14. The van der Waals surface area contributed by atoms with Gasteiger partial charge < -0.3 is 10.1 Å². The second-order valence-corrected chi connectivity index (χ2v) is 6.77. The molecule has 1 aromatic rings. The van der Waals surface area contributed by atoms with E-state index in [0.29, 0.717) is 5.75 Å². The number of benzene rings is 1. The molecular formula is C14H18BrN3O3S. The first kappa shape index (κ1) is 18.4. The molecule has 0 spiro atoms. The third-order valence-electron chi connectivity index (χ3n) is 2.41. The van der Waals surface area contributed by atoms with Crippen LogP contribution < -0.4 is 20.9 Å². The quantitative estimate of drug-likeness (QED) is 0.545. The molecule has 0 aliphatic rings. The van der Waals surface area contributed by atoms with E-state index in [1.165, 1.54) is 0 Å². The smallest absolute Gasteiger partial charge is 0.276 e. The highest BCUT2D eigenvalue weighted by Gasteiger charge is 2.21. The first-order valence-corrected chi connectivity index (χ1v) is 7.67. The van der Waals surface area contributed by atoms with E-state index in [0.717, 1.165) is 4.47 Å². The van der Waals surface area contributed by atoms with Crippen molar-refractivity contribution in [1.29, 1.82) is 0 Å². The zero-order chi connectivity index (χ0) is 16.8. The van der Waals surface area contributed by atoms with Crippen LogP contribution in [0, 0.1) is 5.41 Å². The first-order valence-electron chi connectivity index (χ1n) is 6.47. The van der Waals surface area contributed by atoms with E-state index in [1.807, 2.05) is 12.1 Å². The van der Waals surface area contributed by atoms with Crippen molar-refractivity contribution in [2.45, 2.75) is 20.8 Å². The van der Waals surface area contributed by atoms with E-state index in [4.69, 9.17) is 17.0 Å². The Bertz CT molecular complexity index is 555. The lowest BCUT2D eigenvalue weighted by Crippen LogP contribution is -2.51. The van der Waals surface area contributed by atoms with Crippen molar-refractivity contribution in [3.63, 3.8) is 0 Å². The molecule has 0 fully saturated rings. The standard InChI is InChI=1S/C14H18BrN3O3S/c1-14(2,3)12(20)16-13(22)18-17-11(19)8-21-10-6-4-9(15)5-7-10/h4-7H,8H2,1-3H3,(H,17,19)(H2,16,18,20,22). The van der Waals surface area contributed by atoms with Crippen LogP contribution in [0.1, 0.15) is 20.8 Å². The summed E-state index contributed by atoms with van der Waals surface area (Å²) in [6, 6.07) is 7.09. The maximum Gasteiger partial charge on any atom is 0.276 e. The summed E-state index contributed by atoms with van der Waals surface area (Å²) in [7, 11) is 0. The summed E-state index contributed by atoms with van der Waals surface area (Å²) in [4.78, 5) is 23.3. The zero-order valence-corrected chi connectivity index (χ0v) is 14.9. The Morgan fingerprint density at radius 2 is 1.77 bits per heavy atom. The Labute approximate surface area is 143 Å². The lowest BCUT2D eigenvalue weighted by atomic mass is 9.96. The van der Waals surface area contributed by atoms with Crippen LogP contribution in [0.15, 0.2) is 28.7 Å². The Morgan fingerprint density at radius 1 is 1.18 bits per heavy atom. The zero-order valence-electron chi connectivity index (χ0n) is 12.5. The fourth-order valence-electron chi connectivity index (χ4n) is 1.16. The Kier molecular flexibility index (Phi) is 6.76. The van der Waals surface area contributed by atoms with Crippen LogP contribution in [0.25, 0.3) is 0 Å². The van der Waals surface area contributed by atoms with Gasteiger partial charge in [-0.3, -0.25) is 20.4 Å². The van der Waals surface area contributed by atoms with Crippen molar-refractivity contribution in [3.8, 4) is 5.75 Å². The molecule has 0 saturated heterocycles. The van der Waals surface area contributed by atoms with Gasteiger partial charge in [0.1, 0.15) is 5.75 Å². The van der Waals surface area contributed by atoms with Gasteiger partial charge in [-0.05, 0) is 36.5 Å². The van der Waals surface area contributed by atoms with Gasteiger partial charge in [-0.15, -0.1) is 0 Å². The van der Waals surface area contributed by atoms with Crippen molar-refractivity contribution in [2.75, 3.05) is 6.61 Å². The molecule has 3 N–H and O–H groups in total. The fourth-order valence-corrected chi connectivity index (χ4v) is 1.57. The predicted octanol–water partition coefficient (Wildman–Crippen LogP) is 1.90. The lowest BCUT2D eigenvalue weighted by molar-refractivity contribution is -0.127. The van der Waals surface area contributed by atoms with Gasteiger partial charge >= 0.3 is 0 Å². The summed E-state index contributed by atoms with van der Waals surface area (Å²) >= 11 is 8.21. The van der Waals surface area contributed by atoms with E-state index in [-0.39, 0.29) is 17.6 Å². The van der Waals surface area contributed by atoms with Gasteiger partial charge in [0.2, 0.25) is 5.91 Å². The SMILES string of the molecule is CC(C)(C)C(=O)NC(=S)NNC(=O)COc1ccc(Br)cc1. The van der Waals surface area contributed by atoms with Crippen LogP contribution in [0.4, 0.5) is 0 Å². The van der Waals surface area contributed by atoms with Crippen LogP contribution in [0.2, 0.25) is 0 Å². The number of amides is 2. The van der Waals surface area contributed by atoms with Crippen molar-refractivity contribution in [2.24, 2.45) is 5.41 Å². The Morgan fingerprint density at radius 3 is 2.32 bits per heavy atom. The van der Waals surface area contributed by atoms with Gasteiger partial charge in [-0.2, -0.15) is 0 Å². The molecule has 0 heterocycles. The van der Waals surface area contributed by atoms with Gasteiger partial charge in [-0.25, -0.2) is 0 Å². The van der Waals surface area contributed by atoms with Crippen LogP contribution in [-0.4, -0.2) is 23.5 Å². The molecule has 120 valence electrons. The van der Waals surface area contributed by atoms with Gasteiger partial charge in [0.25, 0.3) is 5.91 Å². The van der Waals surface area contributed by atoms with Crippen molar-refractivity contribution in [1.82, 2.24) is 16.2 Å². The molecule has 0 unspecified atom stereocenters. The molecular weight excluding hydrogens is 370 g/mol. The molecule has 6 nitrogen and oxygen atoms in total. The molecule has 8 heteroatoms. The average Bonchev–Trinajstić information content (AvgIpc) is 2.43. The fraction of sp³-hybridized carbons (Fsp3) is 0.357. The summed E-state index contributed by atoms with van der Waals surface area (Å²) < 4.78 is 6.21. The highest BCUT2D eigenvalue weighted by atomic mass is 79.9. The molecule has 0 aliphatic carbocycles. The molecule has 0 radical (unpaired) electrons. The number of hydrogen-bond acceptors (Lipinski definition) is 4. The van der Waals surface area contributed by atoms with Gasteiger partial charge in [0.15, 0.2) is 11.7 Å². The Balaban J connectivity index is 2.29. The molecule has 1 aromatic carbocycles. The van der Waals surface area contributed by atoms with Gasteiger partial charge in [0.05, 0.1) is 0 Å². The van der Waals surface area contributed by atoms with Gasteiger partial charge in [0, 0.05) is 9.89 Å². The minimum absolute atomic E-state index is 0.0249. The molecule has 0 saturated carbocycles. The number of ether oxygens (including phenoxy) is 1. The van der Waals surface area contributed by atoms with E-state index in [1.54, 1.807) is 32.9 Å². The third kappa shape index (κ3) is 6.86. The molecule has 0 aromatic heterocycles. The number of halogens is 1. The average molecular weight is 388 g/mol. The number of nitrogens with one attached hydrogen (secondary N) is 3. The Hall–Kier alpha value is -1.67. The number of carbonyl (C=O) groups excluding carboxylic acids is 2. The second-order valence-electron chi connectivity index (χ2n) is 5.45. The predicted molar refractivity (Wildman–Crippen MR) is 91.1 cm³/mol. The highest BCUT2D eigenvalue weighted by molar-refractivity contribution is 9.10. The van der Waals surface area contributed by atoms with Crippen LogP contribution >= 0.6 is 28.1 Å². The maximum absolute atomic E-state index is 11.7. The van der Waals surface area contributed by atoms with E-state index >= 15 is 0 Å². The largest absolute Gasteiger partial charge is 0.484 e. The monoisotopic (exact) mass is 387 g/mol. The van der Waals surface area contributed by atoms with Crippen LogP contribution in [0.5, 0.6) is 5.75 Å². The van der Waals surface area contributed by atoms with E-state index in [9.17, 15) is 9.59 Å². The topological polar surface area (TPSA) is 79.5 Å². The molecule has 0 bridgehead atoms. The summed E-state index contributed by atoms with van der Waals surface area (Å²) in [5.41, 5.74) is 4.22. The number of hydrogen-bond donors (Lipinski definition) is 3. The van der Waals surface area contributed by atoms with E-state index < -0.39 is 11.3 Å². The van der Waals surface area contributed by atoms with Crippen molar-refractivity contribution >= 4 is 45.1 Å². The number of rotatable bonds is 3. The van der Waals surface area contributed by atoms with Crippen LogP contribution in [-0.2, 0) is 9.59 Å². The molecule has 22 heavy (non-hydrogen) atoms. The molecule has 2 amide bonds. The molecule has 1 rings (SSSR count). The summed E-state index contributed by atoms with van der Waals surface area (Å²) in [6.07, 6.45) is 0. The normalized spacial score (nSPS) is 10.5. The lowest BCUT2D eigenvalue weighted by Gasteiger charge is -2.18. The minimum Gasteiger partial charge on any atom is -0.484 e. The maximum atomic E-state index is 11.7. The molecule has 0 atom stereocenters. The highest BCUT2D eigenvalue weighted by Crippen LogP contribution is 2.15. The molecule has 0 aliphatic heterocycles. The summed E-state index contributed by atoms with van der Waals surface area (Å²) in [5, 5.41) is 2.50. The second kappa shape index (κ2) is 8.09. The van der Waals surface area contributed by atoms with Crippen molar-refractivity contribution < 1.29 is 14.3 Å². The number of carbonyl (C=O) groups is 2. The van der Waals surface area contributed by atoms with Gasteiger partial charge in [-0.1, -0.05) is 36.7 Å². The number of thiocarbonyl (C=S) groups is 1. The summed E-state index contributed by atoms with van der Waals surface area (Å²) in [5.74, 6) is -0.0948. The van der Waals surface area contributed by atoms with E-state index in [2.05, 4.69) is 32.1 Å². The number of hydrazine groups is 1. The van der Waals surface area contributed by atoms with Crippen LogP contribution in [0.3, 0.4) is 0 Å². The summed E-state index contributed by atoms with van der Waals surface area (Å²) in [6.45, 7) is 5.10. The minimum atomic E-state index is -0.569. The van der Waals surface area contributed by atoms with Crippen molar-refractivity contribution in [3.05, 3.63) is 28.7 Å².